The highest BCUT2D eigenvalue weighted by Crippen LogP contribution is 2.02. The van der Waals surface area contributed by atoms with Gasteiger partial charge in [0.2, 0.25) is 0 Å². The maximum Gasteiger partial charge on any atom is 0.0881 e. The first-order valence-electron chi connectivity index (χ1n) is 4.18. The lowest BCUT2D eigenvalue weighted by atomic mass is 10.0. The normalized spacial score (nSPS) is 12.5. The van der Waals surface area contributed by atoms with Crippen LogP contribution in [0, 0.1) is 5.92 Å². The van der Waals surface area contributed by atoms with Crippen LogP contribution in [-0.4, -0.2) is 47.2 Å². The van der Waals surface area contributed by atoms with E-state index in [-0.39, 0.29) is 19.8 Å². The minimum atomic E-state index is -0.926. The number of aliphatic hydroxyl groups excluding tert-OH is 3. The summed E-state index contributed by atoms with van der Waals surface area (Å²) >= 11 is 0. The minimum absolute atomic E-state index is 0.257. The number of hydrogen-bond acceptors (Lipinski definition) is 4. The predicted octanol–water partition coefficient (Wildman–Crippen LogP) is -1.05. The van der Waals surface area contributed by atoms with Gasteiger partial charge in [0.15, 0.2) is 0 Å². The fourth-order valence-corrected chi connectivity index (χ4v) is 0.738. The molecular formula is C8H19NO3. The topological polar surface area (TPSA) is 72.7 Å². The second kappa shape index (κ2) is 5.48. The van der Waals surface area contributed by atoms with Crippen LogP contribution in [0.25, 0.3) is 0 Å². The number of nitrogens with one attached hydrogen (secondary N) is 1. The van der Waals surface area contributed by atoms with E-state index in [9.17, 15) is 0 Å². The summed E-state index contributed by atoms with van der Waals surface area (Å²) < 4.78 is 0. The summed E-state index contributed by atoms with van der Waals surface area (Å²) in [4.78, 5) is 0. The van der Waals surface area contributed by atoms with Gasteiger partial charge in [-0.05, 0) is 12.5 Å². The van der Waals surface area contributed by atoms with Crippen molar-refractivity contribution >= 4 is 0 Å². The van der Waals surface area contributed by atoms with E-state index in [0.29, 0.717) is 12.5 Å². The van der Waals surface area contributed by atoms with Crippen molar-refractivity contribution in [3.63, 3.8) is 0 Å². The molecule has 0 heterocycles. The lowest BCUT2D eigenvalue weighted by molar-refractivity contribution is 0.0408. The third kappa shape index (κ3) is 3.49. The van der Waals surface area contributed by atoms with Crippen molar-refractivity contribution in [3.8, 4) is 0 Å². The van der Waals surface area contributed by atoms with Gasteiger partial charge in [-0.3, -0.25) is 0 Å². The number of hydrogen-bond donors (Lipinski definition) is 4. The van der Waals surface area contributed by atoms with Gasteiger partial charge in [-0.1, -0.05) is 13.8 Å². The Kier molecular flexibility index (Phi) is 5.41. The summed E-state index contributed by atoms with van der Waals surface area (Å²) in [5.41, 5.74) is -0.926. The van der Waals surface area contributed by atoms with Crippen molar-refractivity contribution in [1.29, 1.82) is 0 Å². The van der Waals surface area contributed by atoms with Crippen LogP contribution in [0.15, 0.2) is 0 Å². The van der Waals surface area contributed by atoms with Gasteiger partial charge in [0.05, 0.1) is 25.4 Å². The van der Waals surface area contributed by atoms with Crippen LogP contribution in [0.5, 0.6) is 0 Å². The van der Waals surface area contributed by atoms with Crippen molar-refractivity contribution in [2.24, 2.45) is 5.92 Å². The van der Waals surface area contributed by atoms with E-state index in [1.807, 2.05) is 13.8 Å². The molecule has 0 fully saturated rings. The molecule has 4 heteroatoms. The van der Waals surface area contributed by atoms with E-state index in [4.69, 9.17) is 15.3 Å². The first-order valence-corrected chi connectivity index (χ1v) is 4.18. The van der Waals surface area contributed by atoms with Gasteiger partial charge in [-0.15, -0.1) is 0 Å². The van der Waals surface area contributed by atoms with Gasteiger partial charge in [0.25, 0.3) is 0 Å². The zero-order valence-corrected chi connectivity index (χ0v) is 7.75. The summed E-state index contributed by atoms with van der Waals surface area (Å²) in [6, 6.07) is 0. The first kappa shape index (κ1) is 11.8. The predicted molar refractivity (Wildman–Crippen MR) is 46.8 cm³/mol. The Morgan fingerprint density at radius 3 is 1.75 bits per heavy atom. The van der Waals surface area contributed by atoms with Gasteiger partial charge in [0.1, 0.15) is 0 Å². The van der Waals surface area contributed by atoms with Crippen molar-refractivity contribution in [2.45, 2.75) is 19.4 Å². The molecule has 0 saturated heterocycles. The monoisotopic (exact) mass is 177 g/mol. The molecule has 0 saturated carbocycles. The van der Waals surface area contributed by atoms with Gasteiger partial charge in [0, 0.05) is 0 Å². The van der Waals surface area contributed by atoms with E-state index in [0.717, 1.165) is 0 Å². The molecule has 0 spiro atoms. The molecule has 74 valence electrons. The maximum atomic E-state index is 8.91. The van der Waals surface area contributed by atoms with E-state index in [2.05, 4.69) is 5.32 Å². The highest BCUT2D eigenvalue weighted by atomic mass is 16.3. The fourth-order valence-electron chi connectivity index (χ4n) is 0.738. The molecule has 0 aromatic rings. The highest BCUT2D eigenvalue weighted by molar-refractivity contribution is 4.86. The second-order valence-corrected chi connectivity index (χ2v) is 3.53. The molecule has 0 aliphatic heterocycles. The van der Waals surface area contributed by atoms with Crippen molar-refractivity contribution in [1.82, 2.24) is 5.32 Å². The Morgan fingerprint density at radius 2 is 1.50 bits per heavy atom. The van der Waals surface area contributed by atoms with Gasteiger partial charge in [-0.25, -0.2) is 0 Å². The number of rotatable bonds is 6. The largest absolute Gasteiger partial charge is 0.394 e. The quantitative estimate of drug-likeness (QED) is 0.417. The van der Waals surface area contributed by atoms with Gasteiger partial charge in [-0.2, -0.15) is 0 Å². The van der Waals surface area contributed by atoms with E-state index in [1.54, 1.807) is 0 Å². The molecule has 4 N–H and O–H groups in total. The molecule has 0 aliphatic rings. The molecule has 0 bridgehead atoms. The molecule has 0 aromatic carbocycles. The fraction of sp³-hybridized carbons (Fsp3) is 1.00. The standard InChI is InChI=1S/C8H19NO3/c1-7(2)3-9-8(4-10,5-11)6-12/h7,9-12H,3-6H2,1-2H3. The van der Waals surface area contributed by atoms with Gasteiger partial charge >= 0.3 is 0 Å². The highest BCUT2D eigenvalue weighted by Gasteiger charge is 2.26. The van der Waals surface area contributed by atoms with Crippen LogP contribution < -0.4 is 5.32 Å². The van der Waals surface area contributed by atoms with Gasteiger partial charge < -0.3 is 20.6 Å². The summed E-state index contributed by atoms with van der Waals surface area (Å²) in [6.07, 6.45) is 0. The smallest absolute Gasteiger partial charge is 0.0881 e. The molecule has 12 heavy (non-hydrogen) atoms. The Labute approximate surface area is 73.2 Å². The Balaban J connectivity index is 3.93. The van der Waals surface area contributed by atoms with Crippen LogP contribution in [0.3, 0.4) is 0 Å². The Bertz CT molecular complexity index is 105. The SMILES string of the molecule is CC(C)CNC(CO)(CO)CO. The van der Waals surface area contributed by atoms with Crippen LogP contribution in [0.2, 0.25) is 0 Å². The molecule has 4 nitrogen and oxygen atoms in total. The molecule has 0 rings (SSSR count). The van der Waals surface area contributed by atoms with Crippen LogP contribution in [-0.2, 0) is 0 Å². The van der Waals surface area contributed by atoms with Crippen molar-refractivity contribution < 1.29 is 15.3 Å². The molecule has 0 amide bonds. The Hall–Kier alpha value is -0.160. The zero-order chi connectivity index (χ0) is 9.61. The van der Waals surface area contributed by atoms with Crippen LogP contribution >= 0.6 is 0 Å². The molecule has 0 radical (unpaired) electrons. The van der Waals surface area contributed by atoms with Crippen molar-refractivity contribution in [2.75, 3.05) is 26.4 Å². The lowest BCUT2D eigenvalue weighted by Gasteiger charge is -2.29. The first-order chi connectivity index (χ1) is 5.60. The third-order valence-corrected chi connectivity index (χ3v) is 1.79. The maximum absolute atomic E-state index is 8.91. The Morgan fingerprint density at radius 1 is 1.08 bits per heavy atom. The summed E-state index contributed by atoms with van der Waals surface area (Å²) in [5.74, 6) is 0.425. The van der Waals surface area contributed by atoms with E-state index in [1.165, 1.54) is 0 Å². The number of aliphatic hydroxyl groups is 3. The summed E-state index contributed by atoms with van der Waals surface area (Å²) in [5, 5.41) is 29.7. The molecular weight excluding hydrogens is 158 g/mol. The molecule has 0 aromatic heterocycles. The average Bonchev–Trinajstić information content (AvgIpc) is 2.08. The molecule has 0 unspecified atom stereocenters. The van der Waals surface area contributed by atoms with Crippen molar-refractivity contribution in [3.05, 3.63) is 0 Å². The van der Waals surface area contributed by atoms with Crippen LogP contribution in [0.1, 0.15) is 13.8 Å². The minimum Gasteiger partial charge on any atom is -0.394 e. The second-order valence-electron chi connectivity index (χ2n) is 3.53. The average molecular weight is 177 g/mol. The summed E-state index contributed by atoms with van der Waals surface area (Å²) in [6.45, 7) is 3.93. The summed E-state index contributed by atoms with van der Waals surface area (Å²) in [7, 11) is 0. The van der Waals surface area contributed by atoms with E-state index < -0.39 is 5.54 Å². The van der Waals surface area contributed by atoms with Crippen LogP contribution in [0.4, 0.5) is 0 Å². The molecule has 0 atom stereocenters. The third-order valence-electron chi connectivity index (χ3n) is 1.79. The zero-order valence-electron chi connectivity index (χ0n) is 7.75. The lowest BCUT2D eigenvalue weighted by Crippen LogP contribution is -2.55. The van der Waals surface area contributed by atoms with E-state index >= 15 is 0 Å². The molecule has 0 aliphatic carbocycles.